The van der Waals surface area contributed by atoms with Gasteiger partial charge in [-0.1, -0.05) is 13.8 Å². The number of piperazine rings is 1. The molecule has 8 heteroatoms. The lowest BCUT2D eigenvalue weighted by Crippen LogP contribution is -2.50. The molecule has 1 aliphatic rings. The number of methoxy groups -OCH3 is 1. The van der Waals surface area contributed by atoms with Crippen LogP contribution >= 0.6 is 15.9 Å². The first-order valence-corrected chi connectivity index (χ1v) is 9.68. The molecule has 144 valence electrons. The average Bonchev–Trinajstić information content (AvgIpc) is 3.08. The second-order valence-electron chi connectivity index (χ2n) is 6.77. The van der Waals surface area contributed by atoms with Crippen molar-refractivity contribution in [3.8, 4) is 5.75 Å². The molecular formula is C19H23BrN4O3. The molecule has 0 bridgehead atoms. The van der Waals surface area contributed by atoms with Crippen LogP contribution in [0.1, 0.15) is 46.3 Å². The topological polar surface area (TPSA) is 78.5 Å². The Morgan fingerprint density at radius 1 is 1.07 bits per heavy atom. The van der Waals surface area contributed by atoms with Gasteiger partial charge in [0.25, 0.3) is 11.8 Å². The maximum Gasteiger partial charge on any atom is 0.275 e. The first kappa shape index (κ1) is 19.4. The molecule has 1 fully saturated rings. The number of benzene rings is 1. The maximum atomic E-state index is 12.8. The average molecular weight is 435 g/mol. The molecule has 1 aromatic carbocycles. The van der Waals surface area contributed by atoms with Gasteiger partial charge in [-0.25, -0.2) is 0 Å². The number of aromatic amines is 1. The van der Waals surface area contributed by atoms with Gasteiger partial charge in [0.1, 0.15) is 5.75 Å². The van der Waals surface area contributed by atoms with E-state index in [1.807, 2.05) is 13.8 Å². The molecule has 1 aliphatic heterocycles. The Morgan fingerprint density at radius 2 is 1.63 bits per heavy atom. The fraction of sp³-hybridized carbons (Fsp3) is 0.421. The summed E-state index contributed by atoms with van der Waals surface area (Å²) in [6.07, 6.45) is 0. The molecule has 0 unspecified atom stereocenters. The van der Waals surface area contributed by atoms with E-state index in [1.54, 1.807) is 41.2 Å². The van der Waals surface area contributed by atoms with Crippen molar-refractivity contribution in [1.29, 1.82) is 0 Å². The largest absolute Gasteiger partial charge is 0.497 e. The molecule has 0 aliphatic carbocycles. The maximum absolute atomic E-state index is 12.8. The molecule has 7 nitrogen and oxygen atoms in total. The van der Waals surface area contributed by atoms with Crippen molar-refractivity contribution in [3.63, 3.8) is 0 Å². The molecule has 0 radical (unpaired) electrons. The Hall–Kier alpha value is -2.35. The van der Waals surface area contributed by atoms with E-state index in [4.69, 9.17) is 4.74 Å². The number of nitrogens with zero attached hydrogens (tertiary/aromatic N) is 3. The second kappa shape index (κ2) is 8.12. The second-order valence-corrected chi connectivity index (χ2v) is 7.56. The molecule has 0 spiro atoms. The fourth-order valence-corrected chi connectivity index (χ4v) is 3.85. The summed E-state index contributed by atoms with van der Waals surface area (Å²) in [4.78, 5) is 28.9. The van der Waals surface area contributed by atoms with Crippen molar-refractivity contribution in [1.82, 2.24) is 20.0 Å². The summed E-state index contributed by atoms with van der Waals surface area (Å²) in [5, 5.41) is 7.11. The van der Waals surface area contributed by atoms with Crippen molar-refractivity contribution in [3.05, 3.63) is 45.7 Å². The van der Waals surface area contributed by atoms with Gasteiger partial charge in [-0.2, -0.15) is 5.10 Å². The first-order chi connectivity index (χ1) is 12.9. The minimum Gasteiger partial charge on any atom is -0.497 e. The first-order valence-electron chi connectivity index (χ1n) is 8.88. The number of carbonyl (C=O) groups is 2. The fourth-order valence-electron chi connectivity index (χ4n) is 3.04. The van der Waals surface area contributed by atoms with Crippen molar-refractivity contribution >= 4 is 27.7 Å². The Morgan fingerprint density at radius 3 is 2.11 bits per heavy atom. The number of carbonyl (C=O) groups excluding carboxylic acids is 2. The molecule has 2 amide bonds. The van der Waals surface area contributed by atoms with Gasteiger partial charge in [0.05, 0.1) is 17.3 Å². The number of nitrogens with one attached hydrogen (secondary N) is 1. The van der Waals surface area contributed by atoms with E-state index in [1.165, 1.54) is 0 Å². The van der Waals surface area contributed by atoms with Crippen molar-refractivity contribution in [2.75, 3.05) is 33.3 Å². The highest BCUT2D eigenvalue weighted by molar-refractivity contribution is 9.10. The standard InChI is InChI=1S/C19H23BrN4O3/c1-12(2)16-15(20)17(22-21-16)19(26)24-10-8-23(9-11-24)18(25)13-4-6-14(27-3)7-5-13/h4-7,12H,8-11H2,1-3H3,(H,21,22). The van der Waals surface area contributed by atoms with Gasteiger partial charge in [0, 0.05) is 31.7 Å². The number of hydrogen-bond acceptors (Lipinski definition) is 4. The third-order valence-corrected chi connectivity index (χ3v) is 5.51. The molecule has 1 saturated heterocycles. The van der Waals surface area contributed by atoms with E-state index < -0.39 is 0 Å². The minimum absolute atomic E-state index is 0.0344. The highest BCUT2D eigenvalue weighted by Gasteiger charge is 2.28. The number of aromatic nitrogens is 2. The van der Waals surface area contributed by atoms with Crippen LogP contribution in [-0.4, -0.2) is 65.1 Å². The summed E-state index contributed by atoms with van der Waals surface area (Å²) in [7, 11) is 1.59. The van der Waals surface area contributed by atoms with Crippen molar-refractivity contribution in [2.24, 2.45) is 0 Å². The van der Waals surface area contributed by atoms with Gasteiger partial charge in [-0.15, -0.1) is 0 Å². The van der Waals surface area contributed by atoms with Crippen LogP contribution in [0, 0.1) is 0 Å². The van der Waals surface area contributed by atoms with Gasteiger partial charge in [-0.05, 0) is 46.1 Å². The zero-order valence-corrected chi connectivity index (χ0v) is 17.2. The molecule has 0 saturated carbocycles. The van der Waals surface area contributed by atoms with Crippen LogP contribution in [0.3, 0.4) is 0 Å². The van der Waals surface area contributed by atoms with Crippen LogP contribution in [0.4, 0.5) is 0 Å². The Labute approximate surface area is 166 Å². The van der Waals surface area contributed by atoms with Crippen LogP contribution in [0.25, 0.3) is 0 Å². The number of hydrogen-bond donors (Lipinski definition) is 1. The van der Waals surface area contributed by atoms with Crippen LogP contribution in [0.5, 0.6) is 5.75 Å². The van der Waals surface area contributed by atoms with E-state index in [9.17, 15) is 9.59 Å². The van der Waals surface area contributed by atoms with Gasteiger partial charge in [-0.3, -0.25) is 14.7 Å². The summed E-state index contributed by atoms with van der Waals surface area (Å²) in [6, 6.07) is 7.06. The summed E-state index contributed by atoms with van der Waals surface area (Å²) < 4.78 is 5.84. The Kier molecular flexibility index (Phi) is 5.84. The molecule has 1 aromatic heterocycles. The lowest BCUT2D eigenvalue weighted by Gasteiger charge is -2.34. The van der Waals surface area contributed by atoms with E-state index in [0.29, 0.717) is 43.2 Å². The zero-order chi connectivity index (χ0) is 19.6. The smallest absolute Gasteiger partial charge is 0.275 e. The normalized spacial score (nSPS) is 14.6. The molecule has 0 atom stereocenters. The SMILES string of the molecule is COc1ccc(C(=O)N2CCN(C(=O)c3n[nH]c(C(C)C)c3Br)CC2)cc1. The highest BCUT2D eigenvalue weighted by Crippen LogP contribution is 2.26. The summed E-state index contributed by atoms with van der Waals surface area (Å²) in [6.45, 7) is 6.03. The lowest BCUT2D eigenvalue weighted by molar-refractivity contribution is 0.0531. The van der Waals surface area contributed by atoms with Gasteiger partial charge < -0.3 is 14.5 Å². The van der Waals surface area contributed by atoms with Crippen molar-refractivity contribution < 1.29 is 14.3 Å². The Balaban J connectivity index is 1.62. The number of ether oxygens (including phenoxy) is 1. The minimum atomic E-state index is -0.124. The zero-order valence-electron chi connectivity index (χ0n) is 15.7. The van der Waals surface area contributed by atoms with Crippen LogP contribution in [0.2, 0.25) is 0 Å². The van der Waals surface area contributed by atoms with Crippen LogP contribution in [0.15, 0.2) is 28.7 Å². The number of rotatable bonds is 4. The monoisotopic (exact) mass is 434 g/mol. The summed E-state index contributed by atoms with van der Waals surface area (Å²) >= 11 is 3.48. The molecule has 1 N–H and O–H groups in total. The summed E-state index contributed by atoms with van der Waals surface area (Å²) in [5.41, 5.74) is 1.92. The predicted molar refractivity (Wildman–Crippen MR) is 105 cm³/mol. The molecule has 2 heterocycles. The van der Waals surface area contributed by atoms with E-state index in [0.717, 1.165) is 10.2 Å². The molecule has 3 rings (SSSR count). The third kappa shape index (κ3) is 4.00. The predicted octanol–water partition coefficient (Wildman–Crippen LogP) is 2.90. The van der Waals surface area contributed by atoms with Gasteiger partial charge in [0.2, 0.25) is 0 Å². The molecule has 27 heavy (non-hydrogen) atoms. The van der Waals surface area contributed by atoms with Crippen LogP contribution in [-0.2, 0) is 0 Å². The van der Waals surface area contributed by atoms with E-state index >= 15 is 0 Å². The molecular weight excluding hydrogens is 412 g/mol. The number of halogens is 1. The van der Waals surface area contributed by atoms with Crippen molar-refractivity contribution in [2.45, 2.75) is 19.8 Å². The van der Waals surface area contributed by atoms with Crippen LogP contribution < -0.4 is 4.74 Å². The third-order valence-electron chi connectivity index (χ3n) is 4.70. The van der Waals surface area contributed by atoms with E-state index in [2.05, 4.69) is 26.1 Å². The number of H-pyrrole nitrogens is 1. The van der Waals surface area contributed by atoms with Gasteiger partial charge >= 0.3 is 0 Å². The van der Waals surface area contributed by atoms with E-state index in [-0.39, 0.29) is 17.7 Å². The quantitative estimate of drug-likeness (QED) is 0.801. The summed E-state index contributed by atoms with van der Waals surface area (Å²) in [5.74, 6) is 0.800. The molecule has 2 aromatic rings. The Bertz CT molecular complexity index is 824. The highest BCUT2D eigenvalue weighted by atomic mass is 79.9. The van der Waals surface area contributed by atoms with Gasteiger partial charge in [0.15, 0.2) is 5.69 Å². The lowest BCUT2D eigenvalue weighted by atomic mass is 10.1. The number of amides is 2.